The molecule has 0 amide bonds. The minimum absolute atomic E-state index is 0.901. The van der Waals surface area contributed by atoms with Crippen LogP contribution in [0.4, 0.5) is 0 Å². The van der Waals surface area contributed by atoms with E-state index in [2.05, 4.69) is 91.0 Å². The average Bonchev–Trinajstić information content (AvgIpc) is 3.02. The standard InChI is InChI=1S/C24H19ClSi/c25-22-16-9-15-21-20-14-7-8-17-23(20)26(24(21)22,18-10-3-1-4-11-18)19-12-5-2-6-13-19/h1-6,9-17H,7-8H2. The Morgan fingerprint density at radius 2 is 1.27 bits per heavy atom. The van der Waals surface area contributed by atoms with E-state index in [0.29, 0.717) is 0 Å². The lowest BCUT2D eigenvalue weighted by Gasteiger charge is -2.32. The third kappa shape index (κ3) is 2.08. The molecule has 26 heavy (non-hydrogen) atoms. The molecule has 0 nitrogen and oxygen atoms in total. The van der Waals surface area contributed by atoms with Gasteiger partial charge in [0.25, 0.3) is 0 Å². The van der Waals surface area contributed by atoms with Crippen molar-refractivity contribution in [3.8, 4) is 0 Å². The number of hydrogen-bond acceptors (Lipinski definition) is 0. The molecule has 0 N–H and O–H groups in total. The van der Waals surface area contributed by atoms with Gasteiger partial charge in [0.05, 0.1) is 0 Å². The minimum atomic E-state index is -2.35. The Morgan fingerprint density at radius 3 is 1.92 bits per heavy atom. The van der Waals surface area contributed by atoms with E-state index in [-0.39, 0.29) is 0 Å². The van der Waals surface area contributed by atoms with Crippen LogP contribution in [0.3, 0.4) is 0 Å². The lowest BCUT2D eigenvalue weighted by atomic mass is 10.00. The van der Waals surface area contributed by atoms with E-state index in [0.717, 1.165) is 17.9 Å². The fourth-order valence-electron chi connectivity index (χ4n) is 4.69. The van der Waals surface area contributed by atoms with Gasteiger partial charge < -0.3 is 0 Å². The summed E-state index contributed by atoms with van der Waals surface area (Å²) in [5.41, 5.74) is 2.75. The molecule has 2 aliphatic rings. The van der Waals surface area contributed by atoms with Gasteiger partial charge in [-0.15, -0.1) is 0 Å². The summed E-state index contributed by atoms with van der Waals surface area (Å²) in [5, 5.41) is 6.61. The van der Waals surface area contributed by atoms with Crippen LogP contribution < -0.4 is 15.6 Å². The van der Waals surface area contributed by atoms with Gasteiger partial charge in [-0.3, -0.25) is 0 Å². The number of halogens is 1. The first-order valence-electron chi connectivity index (χ1n) is 9.15. The van der Waals surface area contributed by atoms with Crippen molar-refractivity contribution in [1.82, 2.24) is 0 Å². The Balaban J connectivity index is 1.97. The van der Waals surface area contributed by atoms with Gasteiger partial charge >= 0.3 is 0 Å². The fraction of sp³-hybridized carbons (Fsp3) is 0.0833. The van der Waals surface area contributed by atoms with Gasteiger partial charge in [-0.05, 0) is 50.8 Å². The number of fused-ring (bicyclic) bond motifs is 3. The van der Waals surface area contributed by atoms with Crippen LogP contribution in [0.15, 0.2) is 96.2 Å². The highest BCUT2D eigenvalue weighted by molar-refractivity contribution is 7.19. The summed E-state index contributed by atoms with van der Waals surface area (Å²) in [6.07, 6.45) is 7.13. The molecule has 1 aliphatic carbocycles. The van der Waals surface area contributed by atoms with Gasteiger partial charge in [-0.2, -0.15) is 0 Å². The molecular formula is C24H19ClSi. The molecule has 0 atom stereocenters. The van der Waals surface area contributed by atoms with Crippen LogP contribution in [0.1, 0.15) is 18.4 Å². The zero-order chi connectivity index (χ0) is 17.6. The van der Waals surface area contributed by atoms with Crippen molar-refractivity contribution in [2.75, 3.05) is 0 Å². The third-order valence-electron chi connectivity index (χ3n) is 5.65. The lowest BCUT2D eigenvalue weighted by molar-refractivity contribution is 1.04. The van der Waals surface area contributed by atoms with Crippen LogP contribution in [-0.2, 0) is 0 Å². The predicted molar refractivity (Wildman–Crippen MR) is 114 cm³/mol. The molecule has 2 heteroatoms. The van der Waals surface area contributed by atoms with Gasteiger partial charge in [0.2, 0.25) is 0 Å². The van der Waals surface area contributed by atoms with Gasteiger partial charge in [-0.25, -0.2) is 0 Å². The molecule has 3 aromatic rings. The van der Waals surface area contributed by atoms with Crippen molar-refractivity contribution >= 4 is 40.8 Å². The zero-order valence-electron chi connectivity index (χ0n) is 14.5. The van der Waals surface area contributed by atoms with Crippen LogP contribution in [0, 0.1) is 0 Å². The summed E-state index contributed by atoms with van der Waals surface area (Å²) in [5.74, 6) is 0. The number of benzene rings is 3. The molecule has 0 unspecified atom stereocenters. The molecule has 0 saturated heterocycles. The fourth-order valence-corrected chi connectivity index (χ4v) is 10.6. The maximum Gasteiger partial charge on any atom is 0.182 e. The van der Waals surface area contributed by atoms with E-state index in [1.54, 1.807) is 0 Å². The molecule has 0 radical (unpaired) electrons. The van der Waals surface area contributed by atoms with Crippen molar-refractivity contribution in [2.24, 2.45) is 0 Å². The van der Waals surface area contributed by atoms with E-state index in [1.165, 1.54) is 31.9 Å². The zero-order valence-corrected chi connectivity index (χ0v) is 16.2. The average molecular weight is 371 g/mol. The summed E-state index contributed by atoms with van der Waals surface area (Å²) < 4.78 is 0. The Labute approximate surface area is 160 Å². The molecule has 126 valence electrons. The Kier molecular flexibility index (Phi) is 3.73. The summed E-state index contributed by atoms with van der Waals surface area (Å²) >= 11 is 6.90. The van der Waals surface area contributed by atoms with Gasteiger partial charge in [0.15, 0.2) is 8.07 Å². The summed E-state index contributed by atoms with van der Waals surface area (Å²) in [6.45, 7) is 0. The molecular weight excluding hydrogens is 352 g/mol. The third-order valence-corrected chi connectivity index (χ3v) is 11.1. The normalized spacial score (nSPS) is 17.1. The summed E-state index contributed by atoms with van der Waals surface area (Å²) in [4.78, 5) is 0. The topological polar surface area (TPSA) is 0 Å². The van der Waals surface area contributed by atoms with Crippen molar-refractivity contribution in [2.45, 2.75) is 12.8 Å². The molecule has 0 spiro atoms. The summed E-state index contributed by atoms with van der Waals surface area (Å²) in [7, 11) is -2.35. The van der Waals surface area contributed by atoms with E-state index >= 15 is 0 Å². The van der Waals surface area contributed by atoms with E-state index < -0.39 is 8.07 Å². The molecule has 5 rings (SSSR count). The Bertz CT molecular complexity index is 993. The molecule has 1 heterocycles. The maximum atomic E-state index is 6.90. The Hall–Kier alpha value is -2.35. The molecule has 0 saturated carbocycles. The number of rotatable bonds is 2. The predicted octanol–water partition coefficient (Wildman–Crippen LogP) is 4.47. The van der Waals surface area contributed by atoms with Crippen molar-refractivity contribution < 1.29 is 0 Å². The molecule has 0 fully saturated rings. The number of allylic oxidation sites excluding steroid dienone is 4. The molecule has 1 aliphatic heterocycles. The van der Waals surface area contributed by atoms with Gasteiger partial charge in [-0.1, -0.05) is 96.5 Å². The highest BCUT2D eigenvalue weighted by Crippen LogP contribution is 2.41. The van der Waals surface area contributed by atoms with Crippen molar-refractivity contribution in [1.29, 1.82) is 0 Å². The first-order valence-corrected chi connectivity index (χ1v) is 11.5. The largest absolute Gasteiger partial charge is 0.182 e. The van der Waals surface area contributed by atoms with Crippen molar-refractivity contribution in [3.63, 3.8) is 0 Å². The van der Waals surface area contributed by atoms with Crippen LogP contribution in [0.25, 0.3) is 5.57 Å². The lowest BCUT2D eigenvalue weighted by Crippen LogP contribution is -2.67. The van der Waals surface area contributed by atoms with Crippen molar-refractivity contribution in [3.05, 3.63) is 107 Å². The second kappa shape index (κ2) is 6.12. The van der Waals surface area contributed by atoms with E-state index in [4.69, 9.17) is 11.6 Å². The molecule has 3 aromatic carbocycles. The SMILES string of the molecule is Clc1cccc2c1[Si](c1ccccc1)(c1ccccc1)C1=CCCC=C12. The molecule has 0 aromatic heterocycles. The highest BCUT2D eigenvalue weighted by Gasteiger charge is 2.51. The first kappa shape index (κ1) is 15.9. The van der Waals surface area contributed by atoms with Gasteiger partial charge in [0.1, 0.15) is 0 Å². The van der Waals surface area contributed by atoms with Gasteiger partial charge in [0, 0.05) is 5.02 Å². The monoisotopic (exact) mass is 370 g/mol. The smallest absolute Gasteiger partial charge is 0.0844 e. The minimum Gasteiger partial charge on any atom is -0.0844 e. The van der Waals surface area contributed by atoms with Crippen LogP contribution in [0.2, 0.25) is 5.02 Å². The highest BCUT2D eigenvalue weighted by atomic mass is 35.5. The van der Waals surface area contributed by atoms with Crippen LogP contribution >= 0.6 is 11.6 Å². The summed E-state index contributed by atoms with van der Waals surface area (Å²) in [6, 6.07) is 28.4. The second-order valence-electron chi connectivity index (χ2n) is 6.96. The maximum absolute atomic E-state index is 6.90. The van der Waals surface area contributed by atoms with Crippen LogP contribution in [-0.4, -0.2) is 8.07 Å². The van der Waals surface area contributed by atoms with Crippen LogP contribution in [0.5, 0.6) is 0 Å². The van der Waals surface area contributed by atoms with E-state index in [1.807, 2.05) is 0 Å². The first-order chi connectivity index (χ1) is 12.8. The van der Waals surface area contributed by atoms with E-state index in [9.17, 15) is 0 Å². The molecule has 0 bridgehead atoms. The quantitative estimate of drug-likeness (QED) is 0.584. The second-order valence-corrected chi connectivity index (χ2v) is 11.1. The number of hydrogen-bond donors (Lipinski definition) is 0. The Morgan fingerprint density at radius 1 is 0.654 bits per heavy atom.